The Kier molecular flexibility index (Phi) is 4.40. The summed E-state index contributed by atoms with van der Waals surface area (Å²) in [6, 6.07) is 3.87. The number of halogens is 1. The minimum Gasteiger partial charge on any atom is -0.380 e. The number of carbonyl (C=O) groups is 4. The summed E-state index contributed by atoms with van der Waals surface area (Å²) in [5.74, 6) is -2.08. The molecule has 10 heteroatoms. The molecule has 4 amide bonds. The van der Waals surface area contributed by atoms with Crippen LogP contribution in [0.4, 0.5) is 5.69 Å². The largest absolute Gasteiger partial charge is 0.380 e. The van der Waals surface area contributed by atoms with Gasteiger partial charge in [-0.2, -0.15) is 0 Å². The Morgan fingerprint density at radius 1 is 1.22 bits per heavy atom. The molecule has 27 heavy (non-hydrogen) atoms. The topological polar surface area (TPSA) is 108 Å². The molecule has 0 spiro atoms. The maximum atomic E-state index is 12.8. The third-order valence-corrected chi connectivity index (χ3v) is 5.55. The predicted octanol–water partition coefficient (Wildman–Crippen LogP) is 1.81. The van der Waals surface area contributed by atoms with Crippen LogP contribution in [0.3, 0.4) is 0 Å². The van der Waals surface area contributed by atoms with Crippen molar-refractivity contribution in [3.63, 3.8) is 0 Å². The second-order valence-electron chi connectivity index (χ2n) is 6.14. The van der Waals surface area contributed by atoms with E-state index in [0.29, 0.717) is 16.7 Å². The van der Waals surface area contributed by atoms with Gasteiger partial charge in [0, 0.05) is 23.2 Å². The first-order valence-corrected chi connectivity index (χ1v) is 9.33. The lowest BCUT2D eigenvalue weighted by molar-refractivity contribution is -0.136. The Morgan fingerprint density at radius 2 is 2.00 bits per heavy atom. The average molecular weight is 405 g/mol. The Morgan fingerprint density at radius 3 is 2.70 bits per heavy atom. The molecule has 0 saturated carbocycles. The van der Waals surface area contributed by atoms with Gasteiger partial charge in [-0.15, -0.1) is 11.3 Å². The molecule has 3 heterocycles. The zero-order valence-electron chi connectivity index (χ0n) is 13.8. The van der Waals surface area contributed by atoms with Gasteiger partial charge in [0.1, 0.15) is 6.04 Å². The van der Waals surface area contributed by atoms with Gasteiger partial charge >= 0.3 is 0 Å². The molecule has 0 bridgehead atoms. The van der Waals surface area contributed by atoms with Gasteiger partial charge in [-0.05, 0) is 24.6 Å². The standard InChI is InChI=1S/C17H13ClN4O4S/c18-17-20-7-9(27-17)6-19-8-1-2-10-11(5-8)16(26)22(15(10)25)12-3-4-13(23)21-14(12)24/h1-2,5,7,12,19H,3-4,6H2,(H,21,23,24). The Hall–Kier alpha value is -2.78. The molecule has 1 aromatic carbocycles. The summed E-state index contributed by atoms with van der Waals surface area (Å²) in [6.07, 6.45) is 1.88. The Labute approximate surface area is 162 Å². The number of benzene rings is 1. The average Bonchev–Trinajstić information content (AvgIpc) is 3.16. The number of nitrogens with one attached hydrogen (secondary N) is 2. The summed E-state index contributed by atoms with van der Waals surface area (Å²) in [6.45, 7) is 0.474. The lowest BCUT2D eigenvalue weighted by atomic mass is 10.0. The van der Waals surface area contributed by atoms with E-state index in [2.05, 4.69) is 15.6 Å². The van der Waals surface area contributed by atoms with Crippen molar-refractivity contribution < 1.29 is 19.2 Å². The van der Waals surface area contributed by atoms with E-state index in [1.807, 2.05) is 0 Å². The molecule has 0 aliphatic carbocycles. The van der Waals surface area contributed by atoms with E-state index in [1.165, 1.54) is 11.3 Å². The highest BCUT2D eigenvalue weighted by molar-refractivity contribution is 7.15. The highest BCUT2D eigenvalue weighted by Gasteiger charge is 2.44. The van der Waals surface area contributed by atoms with Gasteiger partial charge in [0.05, 0.1) is 17.7 Å². The Bertz CT molecular complexity index is 989. The summed E-state index contributed by atoms with van der Waals surface area (Å²) in [5.41, 5.74) is 1.14. The first-order chi connectivity index (χ1) is 12.9. The second-order valence-corrected chi connectivity index (χ2v) is 7.84. The van der Waals surface area contributed by atoms with E-state index in [1.54, 1.807) is 24.4 Å². The molecular weight excluding hydrogens is 392 g/mol. The lowest BCUT2D eigenvalue weighted by Gasteiger charge is -2.27. The molecule has 8 nitrogen and oxygen atoms in total. The van der Waals surface area contributed by atoms with Gasteiger partial charge in [0.25, 0.3) is 11.8 Å². The molecule has 1 fully saturated rings. The number of anilines is 1. The summed E-state index contributed by atoms with van der Waals surface area (Å²) in [4.78, 5) is 54.6. The predicted molar refractivity (Wildman–Crippen MR) is 97.6 cm³/mol. The molecule has 1 atom stereocenters. The van der Waals surface area contributed by atoms with Crippen LogP contribution in [0.5, 0.6) is 0 Å². The lowest BCUT2D eigenvalue weighted by Crippen LogP contribution is -2.54. The molecule has 2 aromatic rings. The number of aromatic nitrogens is 1. The van der Waals surface area contributed by atoms with Gasteiger partial charge in [-0.25, -0.2) is 4.98 Å². The molecule has 2 aliphatic rings. The SMILES string of the molecule is O=C1CCC(N2C(=O)c3ccc(NCc4cnc(Cl)s4)cc3C2=O)C(=O)N1. The molecular formula is C17H13ClN4O4S. The fourth-order valence-corrected chi connectivity index (χ4v) is 4.05. The van der Waals surface area contributed by atoms with Crippen LogP contribution in [0, 0.1) is 0 Å². The number of hydrogen-bond donors (Lipinski definition) is 2. The summed E-state index contributed by atoms with van der Waals surface area (Å²) in [7, 11) is 0. The number of hydrogen-bond acceptors (Lipinski definition) is 7. The van der Waals surface area contributed by atoms with Crippen LogP contribution in [0.1, 0.15) is 38.4 Å². The van der Waals surface area contributed by atoms with E-state index >= 15 is 0 Å². The van der Waals surface area contributed by atoms with Crippen molar-refractivity contribution in [2.24, 2.45) is 0 Å². The molecule has 1 aromatic heterocycles. The minimum absolute atomic E-state index is 0.0913. The first-order valence-electron chi connectivity index (χ1n) is 8.14. The van der Waals surface area contributed by atoms with Gasteiger partial charge in [0.15, 0.2) is 4.47 Å². The van der Waals surface area contributed by atoms with E-state index in [-0.39, 0.29) is 24.0 Å². The molecule has 0 radical (unpaired) electrons. The van der Waals surface area contributed by atoms with Crippen molar-refractivity contribution in [1.29, 1.82) is 0 Å². The maximum Gasteiger partial charge on any atom is 0.262 e. The highest BCUT2D eigenvalue weighted by Crippen LogP contribution is 2.30. The van der Waals surface area contributed by atoms with Crippen LogP contribution in [0.15, 0.2) is 24.4 Å². The van der Waals surface area contributed by atoms with Crippen LogP contribution in [0.25, 0.3) is 0 Å². The normalized spacial score (nSPS) is 19.3. The van der Waals surface area contributed by atoms with Crippen molar-refractivity contribution in [3.05, 3.63) is 44.9 Å². The quantitative estimate of drug-likeness (QED) is 0.752. The molecule has 2 aliphatic heterocycles. The van der Waals surface area contributed by atoms with Crippen molar-refractivity contribution in [1.82, 2.24) is 15.2 Å². The van der Waals surface area contributed by atoms with E-state index in [9.17, 15) is 19.2 Å². The number of nitrogens with zero attached hydrogens (tertiary/aromatic N) is 2. The van der Waals surface area contributed by atoms with Crippen molar-refractivity contribution in [2.45, 2.75) is 25.4 Å². The van der Waals surface area contributed by atoms with E-state index in [0.717, 1.165) is 9.78 Å². The van der Waals surface area contributed by atoms with E-state index in [4.69, 9.17) is 11.6 Å². The summed E-state index contributed by atoms with van der Waals surface area (Å²) in [5, 5.41) is 5.33. The van der Waals surface area contributed by atoms with Crippen LogP contribution in [-0.4, -0.2) is 39.6 Å². The number of piperidine rings is 1. The van der Waals surface area contributed by atoms with Crippen LogP contribution < -0.4 is 10.6 Å². The van der Waals surface area contributed by atoms with Gasteiger partial charge in [-0.3, -0.25) is 29.4 Å². The van der Waals surface area contributed by atoms with Crippen molar-refractivity contribution in [2.75, 3.05) is 5.32 Å². The molecule has 2 N–H and O–H groups in total. The van der Waals surface area contributed by atoms with Gasteiger partial charge in [0.2, 0.25) is 11.8 Å². The minimum atomic E-state index is -0.967. The molecule has 4 rings (SSSR count). The molecule has 1 saturated heterocycles. The summed E-state index contributed by atoms with van der Waals surface area (Å²) < 4.78 is 0.446. The van der Waals surface area contributed by atoms with Crippen molar-refractivity contribution in [3.8, 4) is 0 Å². The zero-order valence-corrected chi connectivity index (χ0v) is 15.4. The number of amides is 4. The first kappa shape index (κ1) is 17.6. The number of carbonyl (C=O) groups excluding carboxylic acids is 4. The fraction of sp³-hybridized carbons (Fsp3) is 0.235. The highest BCUT2D eigenvalue weighted by atomic mass is 35.5. The summed E-state index contributed by atoms with van der Waals surface area (Å²) >= 11 is 7.15. The smallest absolute Gasteiger partial charge is 0.262 e. The van der Waals surface area contributed by atoms with Crippen LogP contribution in [-0.2, 0) is 16.1 Å². The van der Waals surface area contributed by atoms with Gasteiger partial charge in [-0.1, -0.05) is 11.6 Å². The zero-order chi connectivity index (χ0) is 19.1. The van der Waals surface area contributed by atoms with E-state index < -0.39 is 29.7 Å². The third kappa shape index (κ3) is 3.19. The van der Waals surface area contributed by atoms with Gasteiger partial charge < -0.3 is 5.32 Å². The fourth-order valence-electron chi connectivity index (χ4n) is 3.14. The monoisotopic (exact) mass is 404 g/mol. The third-order valence-electron chi connectivity index (χ3n) is 4.43. The molecule has 1 unspecified atom stereocenters. The Balaban J connectivity index is 1.54. The number of imide groups is 2. The maximum absolute atomic E-state index is 12.8. The van der Waals surface area contributed by atoms with Crippen LogP contribution >= 0.6 is 22.9 Å². The van der Waals surface area contributed by atoms with Crippen molar-refractivity contribution >= 4 is 52.3 Å². The number of fused-ring (bicyclic) bond motifs is 1. The van der Waals surface area contributed by atoms with Crippen LogP contribution in [0.2, 0.25) is 4.47 Å². The number of rotatable bonds is 4. The second kappa shape index (κ2) is 6.75. The number of thiazole rings is 1. The molecule has 138 valence electrons.